The third kappa shape index (κ3) is 0.758. The normalized spacial score (nSPS) is 16.0. The van der Waals surface area contributed by atoms with E-state index >= 15 is 0 Å². The van der Waals surface area contributed by atoms with Crippen LogP contribution in [0.1, 0.15) is 31.8 Å². The lowest BCUT2D eigenvalue weighted by Gasteiger charge is -2.18. The highest BCUT2D eigenvalue weighted by atomic mass is 16.6. The summed E-state index contributed by atoms with van der Waals surface area (Å²) in [5.41, 5.74) is 3.28. The lowest BCUT2D eigenvalue weighted by Crippen LogP contribution is -2.04. The number of carbonyl (C=O) groups is 2. The number of hydrogen-bond donors (Lipinski definition) is 0. The molecule has 2 aromatic rings. The van der Waals surface area contributed by atoms with Crippen molar-refractivity contribution in [2.75, 3.05) is 0 Å². The van der Waals surface area contributed by atoms with Gasteiger partial charge in [-0.2, -0.15) is 0 Å². The topological polar surface area (TPSA) is 43.4 Å². The van der Waals surface area contributed by atoms with Crippen molar-refractivity contribution in [3.05, 3.63) is 46.5 Å². The van der Waals surface area contributed by atoms with Crippen molar-refractivity contribution in [1.82, 2.24) is 0 Å². The van der Waals surface area contributed by atoms with E-state index in [1.807, 2.05) is 12.1 Å². The van der Waals surface area contributed by atoms with Gasteiger partial charge in [-0.1, -0.05) is 12.1 Å². The highest BCUT2D eigenvalue weighted by Crippen LogP contribution is 2.36. The molecule has 0 fully saturated rings. The van der Waals surface area contributed by atoms with Crippen LogP contribution in [0.2, 0.25) is 0 Å². The molecule has 0 N–H and O–H groups in total. The summed E-state index contributed by atoms with van der Waals surface area (Å²) in [6, 6.07) is 7.66. The Morgan fingerprint density at radius 2 is 1.81 bits per heavy atom. The average molecular weight is 210 g/mol. The quantitative estimate of drug-likeness (QED) is 0.421. The Kier molecular flexibility index (Phi) is 1.17. The summed E-state index contributed by atoms with van der Waals surface area (Å²) in [6.45, 7) is 0. The Bertz CT molecular complexity index is 698. The molecule has 0 spiro atoms. The summed E-state index contributed by atoms with van der Waals surface area (Å²) in [7, 11) is 0. The molecule has 1 aliphatic heterocycles. The molecule has 0 unspecified atom stereocenters. The number of hydrogen-bond acceptors (Lipinski definition) is 3. The van der Waals surface area contributed by atoms with Gasteiger partial charge in [-0.15, -0.1) is 0 Å². The Hall–Kier alpha value is -2.16. The van der Waals surface area contributed by atoms with E-state index in [1.54, 1.807) is 6.07 Å². The number of cyclic esters (lactones) is 2. The van der Waals surface area contributed by atoms with Gasteiger partial charge >= 0.3 is 11.9 Å². The van der Waals surface area contributed by atoms with Gasteiger partial charge < -0.3 is 4.74 Å². The number of benzene rings is 2. The summed E-state index contributed by atoms with van der Waals surface area (Å²) in [5.74, 6) is -1.05. The summed E-state index contributed by atoms with van der Waals surface area (Å²) in [6.07, 6.45) is 0.967. The highest BCUT2D eigenvalue weighted by molar-refractivity contribution is 6.21. The zero-order chi connectivity index (χ0) is 10.9. The van der Waals surface area contributed by atoms with Crippen LogP contribution in [0.25, 0.3) is 10.8 Å². The largest absolute Gasteiger partial charge is 0.386 e. The van der Waals surface area contributed by atoms with Crippen molar-refractivity contribution < 1.29 is 14.3 Å². The number of ether oxygens (including phenoxy) is 1. The number of fused-ring (bicyclic) bond motifs is 1. The molecule has 2 aliphatic carbocycles. The third-order valence-corrected chi connectivity index (χ3v) is 3.28. The second-order valence-corrected chi connectivity index (χ2v) is 4.19. The molecule has 16 heavy (non-hydrogen) atoms. The molecule has 3 nitrogen and oxygen atoms in total. The molecule has 5 rings (SSSR count). The van der Waals surface area contributed by atoms with Crippen LogP contribution < -0.4 is 0 Å². The van der Waals surface area contributed by atoms with Crippen molar-refractivity contribution in [2.24, 2.45) is 0 Å². The first-order valence-corrected chi connectivity index (χ1v) is 5.09. The molecule has 0 amide bonds. The summed E-state index contributed by atoms with van der Waals surface area (Å²) in [5, 5.41) is 1.91. The molecule has 3 aliphatic rings. The maximum atomic E-state index is 11.6. The van der Waals surface area contributed by atoms with Gasteiger partial charge in [-0.25, -0.2) is 9.59 Å². The predicted molar refractivity (Wildman–Crippen MR) is 56.5 cm³/mol. The molecule has 3 heteroatoms. The minimum atomic E-state index is -0.533. The van der Waals surface area contributed by atoms with Crippen LogP contribution in [0.5, 0.6) is 0 Å². The van der Waals surface area contributed by atoms with E-state index < -0.39 is 11.9 Å². The van der Waals surface area contributed by atoms with E-state index in [9.17, 15) is 9.59 Å². The van der Waals surface area contributed by atoms with Gasteiger partial charge in [0.05, 0.1) is 11.1 Å². The highest BCUT2D eigenvalue weighted by Gasteiger charge is 2.32. The fourth-order valence-corrected chi connectivity index (χ4v) is 2.50. The summed E-state index contributed by atoms with van der Waals surface area (Å²) >= 11 is 0. The Morgan fingerprint density at radius 3 is 2.62 bits per heavy atom. The van der Waals surface area contributed by atoms with E-state index in [2.05, 4.69) is 10.8 Å². The molecule has 0 radical (unpaired) electrons. The van der Waals surface area contributed by atoms with Gasteiger partial charge in [0.15, 0.2) is 0 Å². The van der Waals surface area contributed by atoms with Crippen LogP contribution in [0.3, 0.4) is 0 Å². The first kappa shape index (κ1) is 8.05. The number of esters is 2. The fraction of sp³-hybridized carbons (Fsp3) is 0.0769. The maximum absolute atomic E-state index is 11.6. The van der Waals surface area contributed by atoms with Gasteiger partial charge in [0.25, 0.3) is 0 Å². The van der Waals surface area contributed by atoms with Crippen molar-refractivity contribution in [3.8, 4) is 0 Å². The molecular formula is C13H6O3. The zero-order valence-corrected chi connectivity index (χ0v) is 8.24. The lowest BCUT2D eigenvalue weighted by molar-refractivity contribution is 0.0444. The van der Waals surface area contributed by atoms with Crippen LogP contribution >= 0.6 is 0 Å². The standard InChI is InChI=1S/C13H6O3/c14-12-9-2-1-8-7-3-6(4-7)5-10(8)11(9)13(15)16-12/h1-3,5H,4H2. The van der Waals surface area contributed by atoms with E-state index in [1.165, 1.54) is 11.1 Å². The molecule has 2 bridgehead atoms. The predicted octanol–water partition coefficient (Wildman–Crippen LogP) is 2.05. The van der Waals surface area contributed by atoms with Crippen molar-refractivity contribution >= 4 is 22.7 Å². The van der Waals surface area contributed by atoms with Crippen LogP contribution in [0.4, 0.5) is 0 Å². The monoisotopic (exact) mass is 210 g/mol. The minimum Gasteiger partial charge on any atom is -0.386 e. The van der Waals surface area contributed by atoms with Crippen LogP contribution in [-0.2, 0) is 11.2 Å². The Balaban J connectivity index is 2.22. The molecule has 0 saturated carbocycles. The Labute approximate surface area is 90.6 Å². The average Bonchev–Trinajstić information content (AvgIpc) is 2.53. The molecule has 0 aromatic heterocycles. The van der Waals surface area contributed by atoms with Gasteiger partial charge in [-0.3, -0.25) is 0 Å². The molecule has 0 atom stereocenters. The SMILES string of the molecule is O=C1OC(=O)c2c1ccc1c3cc(cc21)C3. The second kappa shape index (κ2) is 2.32. The van der Waals surface area contributed by atoms with Gasteiger partial charge in [0.2, 0.25) is 0 Å². The number of carbonyl (C=O) groups excluding carboxylic acids is 2. The van der Waals surface area contributed by atoms with E-state index in [-0.39, 0.29) is 0 Å². The van der Waals surface area contributed by atoms with E-state index in [0.29, 0.717) is 11.1 Å². The first-order chi connectivity index (χ1) is 7.74. The smallest absolute Gasteiger partial charge is 0.347 e. The molecule has 76 valence electrons. The number of rotatable bonds is 0. The second-order valence-electron chi connectivity index (χ2n) is 4.19. The summed E-state index contributed by atoms with van der Waals surface area (Å²) in [4.78, 5) is 23.0. The van der Waals surface area contributed by atoms with Gasteiger partial charge in [0.1, 0.15) is 0 Å². The molecule has 0 saturated heterocycles. The molecule has 2 aromatic carbocycles. The van der Waals surface area contributed by atoms with Crippen molar-refractivity contribution in [1.29, 1.82) is 0 Å². The van der Waals surface area contributed by atoms with Gasteiger partial charge in [-0.05, 0) is 40.5 Å². The van der Waals surface area contributed by atoms with Crippen LogP contribution in [0, 0.1) is 0 Å². The van der Waals surface area contributed by atoms with Gasteiger partial charge in [0, 0.05) is 0 Å². The fourth-order valence-electron chi connectivity index (χ4n) is 2.50. The van der Waals surface area contributed by atoms with E-state index in [0.717, 1.165) is 17.2 Å². The zero-order valence-electron chi connectivity index (χ0n) is 8.24. The lowest BCUT2D eigenvalue weighted by atomic mass is 9.85. The molecular weight excluding hydrogens is 204 g/mol. The summed E-state index contributed by atoms with van der Waals surface area (Å²) < 4.78 is 4.62. The van der Waals surface area contributed by atoms with Crippen molar-refractivity contribution in [3.63, 3.8) is 0 Å². The minimum absolute atomic E-state index is 0.391. The van der Waals surface area contributed by atoms with Crippen LogP contribution in [0.15, 0.2) is 24.3 Å². The molecule has 1 heterocycles. The Morgan fingerprint density at radius 1 is 1.00 bits per heavy atom. The van der Waals surface area contributed by atoms with Crippen molar-refractivity contribution in [2.45, 2.75) is 6.42 Å². The maximum Gasteiger partial charge on any atom is 0.347 e. The third-order valence-electron chi connectivity index (χ3n) is 3.28. The van der Waals surface area contributed by atoms with E-state index in [4.69, 9.17) is 0 Å². The first-order valence-electron chi connectivity index (χ1n) is 5.09. The van der Waals surface area contributed by atoms with Crippen LogP contribution in [-0.4, -0.2) is 11.9 Å².